The molecule has 1 rings (SSSR count). The van der Waals surface area contributed by atoms with Gasteiger partial charge in [-0.3, -0.25) is 8.37 Å². The highest BCUT2D eigenvalue weighted by molar-refractivity contribution is 7.75. The Morgan fingerprint density at radius 3 is 2.33 bits per heavy atom. The van der Waals surface area contributed by atoms with E-state index in [9.17, 15) is 4.21 Å². The van der Waals surface area contributed by atoms with E-state index in [0.717, 1.165) is 18.8 Å². The molecule has 1 saturated carbocycles. The van der Waals surface area contributed by atoms with Gasteiger partial charge in [0, 0.05) is 0 Å². The Kier molecular flexibility index (Phi) is 4.18. The van der Waals surface area contributed by atoms with Crippen molar-refractivity contribution >= 4 is 11.4 Å². The molecule has 1 aliphatic carbocycles. The minimum absolute atomic E-state index is 0.141. The maximum atomic E-state index is 10.8. The van der Waals surface area contributed by atoms with Crippen LogP contribution >= 0.6 is 0 Å². The Morgan fingerprint density at radius 1 is 1.25 bits per heavy atom. The van der Waals surface area contributed by atoms with Gasteiger partial charge in [0.15, 0.2) is 0 Å². The molecule has 0 aliphatic heterocycles. The van der Waals surface area contributed by atoms with Gasteiger partial charge in [-0.25, -0.2) is 0 Å². The fourth-order valence-corrected chi connectivity index (χ4v) is 1.97. The minimum atomic E-state index is -1.54. The first-order valence-corrected chi connectivity index (χ1v) is 5.35. The summed E-state index contributed by atoms with van der Waals surface area (Å²) in [4.78, 5) is 0. The zero-order valence-corrected chi connectivity index (χ0v) is 8.43. The molecule has 4 heteroatoms. The maximum Gasteiger partial charge on any atom is 0.304 e. The first kappa shape index (κ1) is 10.2. The molecule has 1 fully saturated rings. The van der Waals surface area contributed by atoms with Crippen molar-refractivity contribution < 1.29 is 12.6 Å². The molecule has 0 radical (unpaired) electrons. The summed E-state index contributed by atoms with van der Waals surface area (Å²) in [5.41, 5.74) is 0. The van der Waals surface area contributed by atoms with Crippen LogP contribution in [0.3, 0.4) is 0 Å². The average molecular weight is 192 g/mol. The van der Waals surface area contributed by atoms with Crippen LogP contribution in [0.2, 0.25) is 0 Å². The third-order valence-corrected chi connectivity index (χ3v) is 3.02. The molecule has 3 nitrogen and oxygen atoms in total. The molecule has 12 heavy (non-hydrogen) atoms. The summed E-state index contributed by atoms with van der Waals surface area (Å²) < 4.78 is 20.5. The molecule has 72 valence electrons. The Labute approximate surface area is 76.3 Å². The minimum Gasteiger partial charge on any atom is -0.272 e. The second-order valence-electron chi connectivity index (χ2n) is 3.35. The van der Waals surface area contributed by atoms with Crippen molar-refractivity contribution in [3.63, 3.8) is 0 Å². The molecule has 1 atom stereocenters. The van der Waals surface area contributed by atoms with Crippen LogP contribution in [-0.4, -0.2) is 17.4 Å². The van der Waals surface area contributed by atoms with Gasteiger partial charge in [0.1, 0.15) is 0 Å². The van der Waals surface area contributed by atoms with Crippen molar-refractivity contribution in [2.75, 3.05) is 7.11 Å². The molecular weight excluding hydrogens is 176 g/mol. The van der Waals surface area contributed by atoms with E-state index in [-0.39, 0.29) is 6.10 Å². The maximum absolute atomic E-state index is 10.8. The van der Waals surface area contributed by atoms with Gasteiger partial charge in [-0.2, -0.15) is 4.21 Å². The summed E-state index contributed by atoms with van der Waals surface area (Å²) in [7, 11) is 1.39. The topological polar surface area (TPSA) is 35.5 Å². The molecule has 0 aromatic rings. The van der Waals surface area contributed by atoms with Crippen molar-refractivity contribution in [3.8, 4) is 0 Å². The van der Waals surface area contributed by atoms with Crippen LogP contribution in [0.15, 0.2) is 0 Å². The SMILES string of the molecule is COS(=O)OC1CCC(C)CC1. The van der Waals surface area contributed by atoms with Crippen molar-refractivity contribution in [2.24, 2.45) is 5.92 Å². The first-order chi connectivity index (χ1) is 5.72. The molecule has 0 N–H and O–H groups in total. The lowest BCUT2D eigenvalue weighted by atomic mass is 9.89. The lowest BCUT2D eigenvalue weighted by molar-refractivity contribution is 0.134. The molecule has 1 aliphatic rings. The molecule has 0 spiro atoms. The summed E-state index contributed by atoms with van der Waals surface area (Å²) in [6, 6.07) is 0. The van der Waals surface area contributed by atoms with E-state index in [1.165, 1.54) is 20.0 Å². The Balaban J connectivity index is 2.21. The molecule has 0 heterocycles. The molecule has 0 aromatic carbocycles. The van der Waals surface area contributed by atoms with E-state index >= 15 is 0 Å². The van der Waals surface area contributed by atoms with Crippen molar-refractivity contribution in [2.45, 2.75) is 38.7 Å². The summed E-state index contributed by atoms with van der Waals surface area (Å²) >= 11 is -1.54. The van der Waals surface area contributed by atoms with Gasteiger partial charge < -0.3 is 0 Å². The third-order valence-electron chi connectivity index (χ3n) is 2.31. The van der Waals surface area contributed by atoms with Crippen molar-refractivity contribution in [3.05, 3.63) is 0 Å². The number of rotatable bonds is 3. The molecule has 1 unspecified atom stereocenters. The Hall–Kier alpha value is 0.0700. The molecule has 0 saturated heterocycles. The highest BCUT2D eigenvalue weighted by atomic mass is 32.2. The monoisotopic (exact) mass is 192 g/mol. The fourth-order valence-electron chi connectivity index (χ4n) is 1.48. The van der Waals surface area contributed by atoms with Crippen LogP contribution in [-0.2, 0) is 19.7 Å². The van der Waals surface area contributed by atoms with Gasteiger partial charge in [-0.05, 0) is 31.6 Å². The van der Waals surface area contributed by atoms with Gasteiger partial charge in [0.25, 0.3) is 0 Å². The van der Waals surface area contributed by atoms with Crippen LogP contribution in [0.25, 0.3) is 0 Å². The first-order valence-electron chi connectivity index (χ1n) is 4.35. The lowest BCUT2D eigenvalue weighted by Crippen LogP contribution is -2.21. The van der Waals surface area contributed by atoms with Gasteiger partial charge >= 0.3 is 11.4 Å². The summed E-state index contributed by atoms with van der Waals surface area (Å²) in [6.07, 6.45) is 4.51. The number of hydrogen-bond donors (Lipinski definition) is 0. The van der Waals surface area contributed by atoms with Gasteiger partial charge in [-0.1, -0.05) is 6.92 Å². The molecule has 0 amide bonds. The zero-order chi connectivity index (χ0) is 8.97. The van der Waals surface area contributed by atoms with E-state index in [1.54, 1.807) is 0 Å². The lowest BCUT2D eigenvalue weighted by Gasteiger charge is -2.24. The fraction of sp³-hybridized carbons (Fsp3) is 1.00. The smallest absolute Gasteiger partial charge is 0.272 e. The average Bonchev–Trinajstić information content (AvgIpc) is 2.09. The predicted molar refractivity (Wildman–Crippen MR) is 47.7 cm³/mol. The summed E-state index contributed by atoms with van der Waals surface area (Å²) in [5, 5.41) is 0. The molecule has 0 aromatic heterocycles. The Bertz CT molecular complexity index is 152. The van der Waals surface area contributed by atoms with E-state index in [0.29, 0.717) is 0 Å². The van der Waals surface area contributed by atoms with Crippen LogP contribution < -0.4 is 0 Å². The van der Waals surface area contributed by atoms with E-state index in [4.69, 9.17) is 4.18 Å². The summed E-state index contributed by atoms with van der Waals surface area (Å²) in [5.74, 6) is 0.792. The highest BCUT2D eigenvalue weighted by Gasteiger charge is 2.20. The standard InChI is InChI=1S/C8H16O3S/c1-7-3-5-8(6-4-7)11-12(9)10-2/h7-8H,3-6H2,1-2H3. The number of hydrogen-bond acceptors (Lipinski definition) is 3. The van der Waals surface area contributed by atoms with Crippen LogP contribution in [0.4, 0.5) is 0 Å². The summed E-state index contributed by atoms with van der Waals surface area (Å²) in [6.45, 7) is 2.24. The van der Waals surface area contributed by atoms with Gasteiger partial charge in [0.05, 0.1) is 13.2 Å². The normalized spacial score (nSPS) is 33.2. The quantitative estimate of drug-likeness (QED) is 0.684. The largest absolute Gasteiger partial charge is 0.304 e. The molecule has 0 bridgehead atoms. The predicted octanol–water partition coefficient (Wildman–Crippen LogP) is 1.81. The van der Waals surface area contributed by atoms with Crippen LogP contribution in [0, 0.1) is 5.92 Å². The molecular formula is C8H16O3S. The third kappa shape index (κ3) is 3.21. The second kappa shape index (κ2) is 4.94. The second-order valence-corrected chi connectivity index (χ2v) is 4.28. The van der Waals surface area contributed by atoms with Crippen LogP contribution in [0.5, 0.6) is 0 Å². The van der Waals surface area contributed by atoms with E-state index < -0.39 is 11.4 Å². The van der Waals surface area contributed by atoms with E-state index in [2.05, 4.69) is 11.1 Å². The highest BCUT2D eigenvalue weighted by Crippen LogP contribution is 2.25. The van der Waals surface area contributed by atoms with E-state index in [1.807, 2.05) is 0 Å². The Morgan fingerprint density at radius 2 is 1.83 bits per heavy atom. The van der Waals surface area contributed by atoms with Crippen LogP contribution in [0.1, 0.15) is 32.6 Å². The van der Waals surface area contributed by atoms with Gasteiger partial charge in [-0.15, -0.1) is 0 Å². The van der Waals surface area contributed by atoms with Gasteiger partial charge in [0.2, 0.25) is 0 Å². The van der Waals surface area contributed by atoms with Crippen molar-refractivity contribution in [1.82, 2.24) is 0 Å². The van der Waals surface area contributed by atoms with Crippen molar-refractivity contribution in [1.29, 1.82) is 0 Å². The zero-order valence-electron chi connectivity index (χ0n) is 7.62.